The monoisotopic (exact) mass is 798 g/mol. The van der Waals surface area contributed by atoms with E-state index in [0.717, 1.165) is 56.1 Å². The summed E-state index contributed by atoms with van der Waals surface area (Å²) in [7, 11) is 0. The van der Waals surface area contributed by atoms with Gasteiger partial charge in [0.25, 0.3) is 0 Å². The number of para-hydroxylation sites is 2. The van der Waals surface area contributed by atoms with E-state index in [0.29, 0.717) is 35.2 Å². The zero-order valence-electron chi connectivity index (χ0n) is 33.5. The molecule has 10 aromatic rings. The number of hydrogen-bond acceptors (Lipinski definition) is 8. The standard InChI is InChI=1S/C54H38N8/c1-7-20-40(21-8-1)49-55-50(41-22-9-2-10-23-41)58-53(57-49)62(54-59-51(42-24-11-3-12-25-42)56-52(60-54)43-26-13-4-14-27-43)47-36-34-39(35-37-47)44-28-19-33-48(38-44)61(45-29-15-5-16-30-45)46-31-17-6-18-32-46/h1-38H. The van der Waals surface area contributed by atoms with Crippen LogP contribution in [0.1, 0.15) is 0 Å². The first-order chi connectivity index (χ1) is 30.7. The van der Waals surface area contributed by atoms with Crippen molar-refractivity contribution in [1.82, 2.24) is 29.9 Å². The molecular formula is C54H38N8. The summed E-state index contributed by atoms with van der Waals surface area (Å²) in [6, 6.07) is 77.6. The van der Waals surface area contributed by atoms with E-state index in [4.69, 9.17) is 29.9 Å². The minimum absolute atomic E-state index is 0.359. The Morgan fingerprint density at radius 1 is 0.210 bits per heavy atom. The lowest BCUT2D eigenvalue weighted by molar-refractivity contribution is 0.964. The maximum atomic E-state index is 5.15. The molecule has 0 spiro atoms. The van der Waals surface area contributed by atoms with Gasteiger partial charge < -0.3 is 4.90 Å². The van der Waals surface area contributed by atoms with Crippen LogP contribution in [0.15, 0.2) is 231 Å². The van der Waals surface area contributed by atoms with Gasteiger partial charge in [-0.05, 0) is 59.7 Å². The highest BCUT2D eigenvalue weighted by Crippen LogP contribution is 2.39. The van der Waals surface area contributed by atoms with Crippen LogP contribution in [0.4, 0.5) is 34.6 Å². The molecule has 0 bridgehead atoms. The molecule has 0 saturated carbocycles. The maximum absolute atomic E-state index is 5.15. The minimum Gasteiger partial charge on any atom is -0.310 e. The van der Waals surface area contributed by atoms with Crippen LogP contribution in [0.2, 0.25) is 0 Å². The van der Waals surface area contributed by atoms with Crippen molar-refractivity contribution in [2.75, 3.05) is 9.80 Å². The third-order valence-corrected chi connectivity index (χ3v) is 10.4. The predicted molar refractivity (Wildman–Crippen MR) is 250 cm³/mol. The van der Waals surface area contributed by atoms with Crippen LogP contribution in [0, 0.1) is 0 Å². The smallest absolute Gasteiger partial charge is 0.241 e. The Morgan fingerprint density at radius 2 is 0.516 bits per heavy atom. The maximum Gasteiger partial charge on any atom is 0.241 e. The highest BCUT2D eigenvalue weighted by atomic mass is 15.4. The van der Waals surface area contributed by atoms with E-state index < -0.39 is 0 Å². The Labute approximate surface area is 360 Å². The zero-order chi connectivity index (χ0) is 41.5. The molecule has 0 atom stereocenters. The number of anilines is 6. The first-order valence-corrected chi connectivity index (χ1v) is 20.4. The molecule has 0 aliphatic rings. The van der Waals surface area contributed by atoms with Gasteiger partial charge in [-0.1, -0.05) is 182 Å². The van der Waals surface area contributed by atoms with Gasteiger partial charge in [-0.15, -0.1) is 0 Å². The van der Waals surface area contributed by atoms with Gasteiger partial charge in [0.05, 0.1) is 5.69 Å². The lowest BCUT2D eigenvalue weighted by Crippen LogP contribution is -2.19. The summed E-state index contributed by atoms with van der Waals surface area (Å²) in [5, 5.41) is 0. The van der Waals surface area contributed by atoms with Gasteiger partial charge >= 0.3 is 0 Å². The summed E-state index contributed by atoms with van der Waals surface area (Å²) in [6.45, 7) is 0. The summed E-state index contributed by atoms with van der Waals surface area (Å²) in [5.74, 6) is 2.81. The molecule has 8 nitrogen and oxygen atoms in total. The third-order valence-electron chi connectivity index (χ3n) is 10.4. The number of hydrogen-bond donors (Lipinski definition) is 0. The molecule has 0 unspecified atom stereocenters. The van der Waals surface area contributed by atoms with Crippen LogP contribution in [0.3, 0.4) is 0 Å². The van der Waals surface area contributed by atoms with E-state index in [9.17, 15) is 0 Å². The topological polar surface area (TPSA) is 83.8 Å². The molecule has 8 heteroatoms. The number of rotatable bonds is 11. The van der Waals surface area contributed by atoms with Gasteiger partial charge in [0.2, 0.25) is 11.9 Å². The highest BCUT2D eigenvalue weighted by molar-refractivity contribution is 5.81. The van der Waals surface area contributed by atoms with Gasteiger partial charge in [-0.2, -0.15) is 19.9 Å². The van der Waals surface area contributed by atoms with Gasteiger partial charge in [-0.3, -0.25) is 0 Å². The number of aromatic nitrogens is 6. The molecule has 0 amide bonds. The van der Waals surface area contributed by atoms with E-state index in [2.05, 4.69) is 102 Å². The molecule has 0 aliphatic heterocycles. The second kappa shape index (κ2) is 17.3. The van der Waals surface area contributed by atoms with Crippen LogP contribution >= 0.6 is 0 Å². The fourth-order valence-electron chi connectivity index (χ4n) is 7.34. The summed E-state index contributed by atoms with van der Waals surface area (Å²) >= 11 is 0. The quantitative estimate of drug-likeness (QED) is 0.128. The van der Waals surface area contributed by atoms with Crippen molar-refractivity contribution in [1.29, 1.82) is 0 Å². The molecule has 8 aromatic carbocycles. The van der Waals surface area contributed by atoms with Gasteiger partial charge in [-0.25, -0.2) is 14.9 Å². The molecule has 10 rings (SSSR count). The lowest BCUT2D eigenvalue weighted by Gasteiger charge is -2.26. The second-order valence-electron chi connectivity index (χ2n) is 14.5. The molecule has 2 aromatic heterocycles. The fourth-order valence-corrected chi connectivity index (χ4v) is 7.34. The number of nitrogens with zero attached hydrogens (tertiary/aromatic N) is 8. The Morgan fingerprint density at radius 3 is 0.887 bits per heavy atom. The average molecular weight is 799 g/mol. The predicted octanol–water partition coefficient (Wildman–Crippen LogP) is 13.3. The second-order valence-corrected chi connectivity index (χ2v) is 14.5. The van der Waals surface area contributed by atoms with Crippen LogP contribution in [-0.4, -0.2) is 29.9 Å². The van der Waals surface area contributed by atoms with E-state index >= 15 is 0 Å². The van der Waals surface area contributed by atoms with E-state index in [-0.39, 0.29) is 0 Å². The Balaban J connectivity index is 1.14. The number of benzene rings is 8. The highest BCUT2D eigenvalue weighted by Gasteiger charge is 2.24. The molecule has 2 heterocycles. The fraction of sp³-hybridized carbons (Fsp3) is 0. The van der Waals surface area contributed by atoms with Gasteiger partial charge in [0.1, 0.15) is 0 Å². The third kappa shape index (κ3) is 8.04. The summed E-state index contributed by atoms with van der Waals surface area (Å²) in [6.07, 6.45) is 0. The molecule has 294 valence electrons. The van der Waals surface area contributed by atoms with E-state index in [1.165, 1.54) is 0 Å². The zero-order valence-corrected chi connectivity index (χ0v) is 33.5. The Hall–Kier alpha value is -8.62. The SMILES string of the molecule is c1ccc(-c2nc(-c3ccccc3)nc(N(c3ccc(-c4cccc(N(c5ccccc5)c5ccccc5)c4)cc3)c3nc(-c4ccccc4)nc(-c4ccccc4)n3)n2)cc1. The summed E-state index contributed by atoms with van der Waals surface area (Å²) in [5.41, 5.74) is 9.48. The Bertz CT molecular complexity index is 2760. The molecule has 0 saturated heterocycles. The van der Waals surface area contributed by atoms with Crippen LogP contribution in [0.5, 0.6) is 0 Å². The molecule has 62 heavy (non-hydrogen) atoms. The van der Waals surface area contributed by atoms with Crippen molar-refractivity contribution < 1.29 is 0 Å². The summed E-state index contributed by atoms with van der Waals surface area (Å²) < 4.78 is 0. The molecule has 0 fully saturated rings. The van der Waals surface area contributed by atoms with Crippen molar-refractivity contribution in [3.8, 4) is 56.7 Å². The van der Waals surface area contributed by atoms with Crippen molar-refractivity contribution in [2.24, 2.45) is 0 Å². The van der Waals surface area contributed by atoms with Crippen LogP contribution < -0.4 is 9.80 Å². The van der Waals surface area contributed by atoms with E-state index in [1.807, 2.05) is 138 Å². The first kappa shape index (κ1) is 37.6. The molecule has 0 aliphatic carbocycles. The first-order valence-electron chi connectivity index (χ1n) is 20.4. The normalized spacial score (nSPS) is 10.9. The van der Waals surface area contributed by atoms with Crippen molar-refractivity contribution in [3.05, 3.63) is 231 Å². The average Bonchev–Trinajstić information content (AvgIpc) is 3.36. The van der Waals surface area contributed by atoms with Crippen molar-refractivity contribution in [3.63, 3.8) is 0 Å². The largest absolute Gasteiger partial charge is 0.310 e. The van der Waals surface area contributed by atoms with Gasteiger partial charge in [0, 0.05) is 39.3 Å². The van der Waals surface area contributed by atoms with Crippen molar-refractivity contribution >= 4 is 34.6 Å². The Kier molecular flexibility index (Phi) is 10.5. The molecule has 0 radical (unpaired) electrons. The van der Waals surface area contributed by atoms with Crippen molar-refractivity contribution in [2.45, 2.75) is 0 Å². The minimum atomic E-state index is 0.359. The van der Waals surface area contributed by atoms with Crippen LogP contribution in [0.25, 0.3) is 56.7 Å². The van der Waals surface area contributed by atoms with E-state index in [1.54, 1.807) is 0 Å². The van der Waals surface area contributed by atoms with Gasteiger partial charge in [0.15, 0.2) is 23.3 Å². The molecular weight excluding hydrogens is 761 g/mol. The molecule has 0 N–H and O–H groups in total. The lowest BCUT2D eigenvalue weighted by atomic mass is 10.0. The van der Waals surface area contributed by atoms with Crippen LogP contribution in [-0.2, 0) is 0 Å². The summed E-state index contributed by atoms with van der Waals surface area (Å²) in [4.78, 5) is 34.8.